The first-order valence-corrected chi connectivity index (χ1v) is 17.8. The molecule has 13 heteroatoms. The van der Waals surface area contributed by atoms with E-state index in [1.54, 1.807) is 13.0 Å². The molecular weight excluding hydrogens is 616 g/mol. The van der Waals surface area contributed by atoms with Crippen LogP contribution in [0.25, 0.3) is 5.65 Å². The number of carbonyl (C=O) groups excluding carboxylic acids is 1. The normalized spacial score (nSPS) is 21.7. The smallest absolute Gasteiger partial charge is 0.319 e. The van der Waals surface area contributed by atoms with Crippen LogP contribution in [0.15, 0.2) is 54.7 Å². The molecule has 3 atom stereocenters. The minimum atomic E-state index is -3.55. The first-order chi connectivity index (χ1) is 22.3. The minimum Gasteiger partial charge on any atom is -0.484 e. The van der Waals surface area contributed by atoms with Crippen LogP contribution in [-0.4, -0.2) is 58.3 Å². The summed E-state index contributed by atoms with van der Waals surface area (Å²) in [5, 5.41) is 15.0. The maximum absolute atomic E-state index is 13.3. The molecule has 1 aliphatic carbocycles. The van der Waals surface area contributed by atoms with Gasteiger partial charge in [0.2, 0.25) is 10.0 Å². The summed E-state index contributed by atoms with van der Waals surface area (Å²) in [6, 6.07) is 14.6. The van der Waals surface area contributed by atoms with Crippen LogP contribution in [0.5, 0.6) is 5.75 Å². The van der Waals surface area contributed by atoms with E-state index in [2.05, 4.69) is 49.4 Å². The van der Waals surface area contributed by atoms with Crippen molar-refractivity contribution in [2.45, 2.75) is 83.4 Å². The first kappa shape index (κ1) is 32.7. The third kappa shape index (κ3) is 6.77. The summed E-state index contributed by atoms with van der Waals surface area (Å²) in [7, 11) is -1.41. The molecule has 12 nitrogen and oxygen atoms in total. The second kappa shape index (κ2) is 12.4. The largest absolute Gasteiger partial charge is 0.484 e. The van der Waals surface area contributed by atoms with E-state index < -0.39 is 16.1 Å². The zero-order chi connectivity index (χ0) is 33.6. The van der Waals surface area contributed by atoms with Crippen LogP contribution >= 0.6 is 0 Å². The molecule has 0 bridgehead atoms. The van der Waals surface area contributed by atoms with E-state index in [0.29, 0.717) is 24.2 Å². The number of nitrogens with one attached hydrogen (secondary N) is 3. The number of hydrogen-bond donors (Lipinski definition) is 3. The molecule has 3 N–H and O–H groups in total. The van der Waals surface area contributed by atoms with Gasteiger partial charge in [-0.05, 0) is 82.4 Å². The molecule has 0 unspecified atom stereocenters. The van der Waals surface area contributed by atoms with Gasteiger partial charge >= 0.3 is 6.03 Å². The number of fused-ring (bicyclic) bond motifs is 2. The van der Waals surface area contributed by atoms with Crippen LogP contribution in [0.1, 0.15) is 95.1 Å². The highest BCUT2D eigenvalue weighted by atomic mass is 32.2. The second-order valence-corrected chi connectivity index (χ2v) is 15.8. The van der Waals surface area contributed by atoms with E-state index in [0.717, 1.165) is 47.7 Å². The highest BCUT2D eigenvalue weighted by Crippen LogP contribution is 2.40. The van der Waals surface area contributed by atoms with Crippen LogP contribution in [0.3, 0.4) is 0 Å². The summed E-state index contributed by atoms with van der Waals surface area (Å²) >= 11 is 0. The lowest BCUT2D eigenvalue weighted by Gasteiger charge is -2.32. The summed E-state index contributed by atoms with van der Waals surface area (Å²) in [4.78, 5) is 20.2. The van der Waals surface area contributed by atoms with Gasteiger partial charge in [-0.3, -0.25) is 14.0 Å². The third-order valence-corrected chi connectivity index (χ3v) is 10.6. The monoisotopic (exact) mass is 660 g/mol. The summed E-state index contributed by atoms with van der Waals surface area (Å²) < 4.78 is 35.7. The summed E-state index contributed by atoms with van der Waals surface area (Å²) in [6.45, 7) is 10.7. The Morgan fingerprint density at radius 2 is 1.85 bits per heavy atom. The quantitative estimate of drug-likeness (QED) is 0.212. The Bertz CT molecular complexity index is 1900. The molecule has 250 valence electrons. The van der Waals surface area contributed by atoms with Crippen molar-refractivity contribution in [3.63, 3.8) is 0 Å². The van der Waals surface area contributed by atoms with E-state index in [9.17, 15) is 13.2 Å². The molecule has 1 aliphatic heterocycles. The highest BCUT2D eigenvalue weighted by molar-refractivity contribution is 7.92. The first-order valence-electron chi connectivity index (χ1n) is 16.2. The van der Waals surface area contributed by atoms with Crippen molar-refractivity contribution in [2.75, 3.05) is 29.4 Å². The lowest BCUT2D eigenvalue weighted by molar-refractivity contribution is 0.170. The molecule has 2 amide bonds. The van der Waals surface area contributed by atoms with Crippen LogP contribution in [0.2, 0.25) is 0 Å². The standard InChI is InChI=1S/C34H44N8O4S/c1-7-47(44,45)40-29-20-22(19-28(37-29)33(2,3)4)35-32(43)36-26-14-15-27(25-12-9-8-11-24(25)26)46-23-13-16-30-38-39-31(42(30)21-23)34(5)17-10-18-41(34)6/h8-9,11-13,16,19-21,26-27H,7,10,14-15,17-18H2,1-6H3,(H3,35,36,37,40,43)/t26-,27+,34-/m0/s1. The van der Waals surface area contributed by atoms with E-state index in [1.165, 1.54) is 6.07 Å². The summed E-state index contributed by atoms with van der Waals surface area (Å²) in [6.07, 6.45) is 5.29. The van der Waals surface area contributed by atoms with Crippen LogP contribution in [0, 0.1) is 0 Å². The Labute approximate surface area is 276 Å². The minimum absolute atomic E-state index is 0.0864. The van der Waals surface area contributed by atoms with Crippen LogP contribution in [0.4, 0.5) is 16.3 Å². The van der Waals surface area contributed by atoms with Crippen molar-refractivity contribution in [2.24, 2.45) is 0 Å². The topological polar surface area (TPSA) is 143 Å². The molecule has 1 fully saturated rings. The van der Waals surface area contributed by atoms with Crippen molar-refractivity contribution in [3.05, 3.63) is 77.4 Å². The number of amides is 2. The van der Waals surface area contributed by atoms with Crippen molar-refractivity contribution in [1.82, 2.24) is 29.8 Å². The second-order valence-electron chi connectivity index (χ2n) is 13.8. The van der Waals surface area contributed by atoms with E-state index in [-0.39, 0.29) is 34.7 Å². The van der Waals surface area contributed by atoms with Gasteiger partial charge in [0.15, 0.2) is 11.5 Å². The number of likely N-dealkylation sites (tertiary alicyclic amines) is 1. The number of rotatable bonds is 8. The van der Waals surface area contributed by atoms with Gasteiger partial charge in [-0.2, -0.15) is 0 Å². The Kier molecular flexibility index (Phi) is 8.64. The summed E-state index contributed by atoms with van der Waals surface area (Å²) in [5.41, 5.74) is 3.33. The molecule has 0 radical (unpaired) electrons. The number of anilines is 2. The van der Waals surface area contributed by atoms with E-state index >= 15 is 0 Å². The lowest BCUT2D eigenvalue weighted by atomic mass is 9.85. The molecule has 47 heavy (non-hydrogen) atoms. The van der Waals surface area contributed by atoms with E-state index in [4.69, 9.17) is 4.74 Å². The molecule has 6 rings (SSSR count). The number of aromatic nitrogens is 4. The third-order valence-electron chi connectivity index (χ3n) is 9.37. The molecule has 0 spiro atoms. The number of pyridine rings is 2. The zero-order valence-electron chi connectivity index (χ0n) is 27.9. The number of urea groups is 1. The molecule has 2 aliphatic rings. The Hall–Kier alpha value is -4.23. The van der Waals surface area contributed by atoms with Crippen LogP contribution < -0.4 is 20.1 Å². The highest BCUT2D eigenvalue weighted by Gasteiger charge is 2.40. The van der Waals surface area contributed by atoms with Gasteiger partial charge in [-0.15, -0.1) is 10.2 Å². The fourth-order valence-electron chi connectivity index (χ4n) is 6.47. The molecular formula is C34H44N8O4S. The van der Waals surface area contributed by atoms with Crippen molar-refractivity contribution >= 4 is 33.2 Å². The maximum Gasteiger partial charge on any atom is 0.319 e. The molecule has 0 saturated carbocycles. The molecule has 1 aromatic carbocycles. The molecule has 4 aromatic rings. The van der Waals surface area contributed by atoms with Gasteiger partial charge in [0, 0.05) is 17.2 Å². The van der Waals surface area contributed by atoms with Crippen molar-refractivity contribution in [1.29, 1.82) is 0 Å². The predicted octanol–water partition coefficient (Wildman–Crippen LogP) is 5.90. The zero-order valence-corrected chi connectivity index (χ0v) is 28.7. The van der Waals surface area contributed by atoms with Gasteiger partial charge in [0.05, 0.1) is 29.2 Å². The van der Waals surface area contributed by atoms with Crippen molar-refractivity contribution in [3.8, 4) is 5.75 Å². The fraction of sp³-hybridized carbons (Fsp3) is 0.471. The van der Waals surface area contributed by atoms with Crippen molar-refractivity contribution < 1.29 is 17.9 Å². The predicted molar refractivity (Wildman–Crippen MR) is 182 cm³/mol. The van der Waals surface area contributed by atoms with Gasteiger partial charge in [0.1, 0.15) is 17.7 Å². The number of nitrogens with zero attached hydrogens (tertiary/aromatic N) is 5. The number of ether oxygens (including phenoxy) is 1. The average Bonchev–Trinajstić information content (AvgIpc) is 3.60. The van der Waals surface area contributed by atoms with Gasteiger partial charge in [-0.25, -0.2) is 18.2 Å². The Morgan fingerprint density at radius 1 is 1.09 bits per heavy atom. The number of sulfonamides is 1. The van der Waals surface area contributed by atoms with Crippen LogP contribution in [-0.2, 0) is 21.0 Å². The lowest BCUT2D eigenvalue weighted by Crippen LogP contribution is -2.37. The molecule has 1 saturated heterocycles. The van der Waals surface area contributed by atoms with Gasteiger partial charge in [-0.1, -0.05) is 45.0 Å². The Balaban J connectivity index is 1.19. The SMILES string of the molecule is CCS(=O)(=O)Nc1cc(NC(=O)N[C@H]2CC[C@@H](Oc3ccc4nnc([C@]5(C)CCCN5C)n4c3)c3ccccc32)cc(C(C)(C)C)n1. The average molecular weight is 661 g/mol. The van der Waals surface area contributed by atoms with Gasteiger partial charge in [0.25, 0.3) is 0 Å². The number of hydrogen-bond acceptors (Lipinski definition) is 8. The number of carbonyl (C=O) groups is 1. The van der Waals surface area contributed by atoms with E-state index in [1.807, 2.05) is 67.8 Å². The Morgan fingerprint density at radius 3 is 2.55 bits per heavy atom. The van der Waals surface area contributed by atoms with Gasteiger partial charge < -0.3 is 15.4 Å². The molecule has 3 aromatic heterocycles. The molecule has 4 heterocycles. The summed E-state index contributed by atoms with van der Waals surface area (Å²) in [5.74, 6) is 1.72. The fourth-order valence-corrected chi connectivity index (χ4v) is 7.04. The number of benzene rings is 1. The maximum atomic E-state index is 13.3.